The minimum absolute atomic E-state index is 0.333. The Hall–Kier alpha value is -1.62. The van der Waals surface area contributed by atoms with E-state index in [9.17, 15) is 4.79 Å². The van der Waals surface area contributed by atoms with Crippen LogP contribution in [0, 0.1) is 0 Å². The van der Waals surface area contributed by atoms with Crippen LogP contribution in [0.1, 0.15) is 10.4 Å². The summed E-state index contributed by atoms with van der Waals surface area (Å²) in [4.78, 5) is 11.3. The SMILES string of the molecule is COC(=O)c1ccc(-c2c(Br)cnn2C)cc1. The molecule has 0 radical (unpaired) electrons. The summed E-state index contributed by atoms with van der Waals surface area (Å²) >= 11 is 3.44. The van der Waals surface area contributed by atoms with E-state index in [1.807, 2.05) is 19.2 Å². The topological polar surface area (TPSA) is 44.1 Å². The summed E-state index contributed by atoms with van der Waals surface area (Å²) < 4.78 is 7.35. The molecule has 2 aromatic rings. The number of nitrogens with zero attached hydrogens (tertiary/aromatic N) is 2. The van der Waals surface area contributed by atoms with E-state index in [4.69, 9.17) is 0 Å². The quantitative estimate of drug-likeness (QED) is 0.800. The first-order valence-corrected chi connectivity index (χ1v) is 5.79. The third-order valence-electron chi connectivity index (χ3n) is 2.47. The van der Waals surface area contributed by atoms with Crippen LogP contribution >= 0.6 is 15.9 Å². The van der Waals surface area contributed by atoms with E-state index >= 15 is 0 Å². The number of carbonyl (C=O) groups excluding carboxylic acids is 1. The molecule has 0 N–H and O–H groups in total. The zero-order valence-corrected chi connectivity index (χ0v) is 11.1. The zero-order valence-electron chi connectivity index (χ0n) is 9.48. The molecule has 1 aromatic carbocycles. The summed E-state index contributed by atoms with van der Waals surface area (Å²) in [5.74, 6) is -0.333. The molecule has 0 aliphatic rings. The highest BCUT2D eigenvalue weighted by atomic mass is 79.9. The lowest BCUT2D eigenvalue weighted by atomic mass is 10.1. The van der Waals surface area contributed by atoms with Crippen LogP contribution in [0.25, 0.3) is 11.3 Å². The van der Waals surface area contributed by atoms with Crippen LogP contribution in [0.4, 0.5) is 0 Å². The van der Waals surface area contributed by atoms with Gasteiger partial charge in [-0.2, -0.15) is 5.10 Å². The third-order valence-corrected chi connectivity index (χ3v) is 3.05. The smallest absolute Gasteiger partial charge is 0.337 e. The number of hydrogen-bond acceptors (Lipinski definition) is 3. The average Bonchev–Trinajstić information content (AvgIpc) is 2.68. The number of halogens is 1. The molecule has 0 aliphatic heterocycles. The number of hydrogen-bond donors (Lipinski definition) is 0. The molecule has 1 aromatic heterocycles. The van der Waals surface area contributed by atoms with Crippen LogP contribution in [0.15, 0.2) is 34.9 Å². The van der Waals surface area contributed by atoms with Crippen LogP contribution in [0.3, 0.4) is 0 Å². The molecule has 0 aliphatic carbocycles. The maximum absolute atomic E-state index is 11.3. The van der Waals surface area contributed by atoms with Gasteiger partial charge in [0.15, 0.2) is 0 Å². The minimum Gasteiger partial charge on any atom is -0.465 e. The molecular formula is C12H11BrN2O2. The molecule has 0 saturated carbocycles. The molecular weight excluding hydrogens is 284 g/mol. The van der Waals surface area contributed by atoms with Crippen LogP contribution in [-0.2, 0) is 11.8 Å². The van der Waals surface area contributed by atoms with Gasteiger partial charge < -0.3 is 4.74 Å². The largest absolute Gasteiger partial charge is 0.465 e. The van der Waals surface area contributed by atoms with E-state index in [1.54, 1.807) is 23.0 Å². The summed E-state index contributed by atoms with van der Waals surface area (Å²) in [6, 6.07) is 7.21. The molecule has 0 fully saturated rings. The van der Waals surface area contributed by atoms with Crippen molar-refractivity contribution in [1.29, 1.82) is 0 Å². The number of methoxy groups -OCH3 is 1. The number of rotatable bonds is 2. The second-order valence-electron chi connectivity index (χ2n) is 3.53. The Labute approximate surface area is 107 Å². The predicted molar refractivity (Wildman–Crippen MR) is 67.7 cm³/mol. The fraction of sp³-hybridized carbons (Fsp3) is 0.167. The van der Waals surface area contributed by atoms with Crippen molar-refractivity contribution in [3.8, 4) is 11.3 Å². The van der Waals surface area contributed by atoms with Crippen LogP contribution in [0.5, 0.6) is 0 Å². The van der Waals surface area contributed by atoms with Gasteiger partial charge in [-0.25, -0.2) is 4.79 Å². The first kappa shape index (κ1) is 11.9. The molecule has 0 amide bonds. The number of aryl methyl sites for hydroxylation is 1. The summed E-state index contributed by atoms with van der Waals surface area (Å²) in [5.41, 5.74) is 2.50. The number of benzene rings is 1. The lowest BCUT2D eigenvalue weighted by molar-refractivity contribution is 0.0601. The van der Waals surface area contributed by atoms with E-state index < -0.39 is 0 Å². The molecule has 2 rings (SSSR count). The Morgan fingerprint density at radius 1 is 1.35 bits per heavy atom. The van der Waals surface area contributed by atoms with Crippen molar-refractivity contribution < 1.29 is 9.53 Å². The molecule has 5 heteroatoms. The maximum atomic E-state index is 11.3. The van der Waals surface area contributed by atoms with Gasteiger partial charge in [-0.05, 0) is 28.1 Å². The Bertz CT molecular complexity index is 527. The van der Waals surface area contributed by atoms with E-state index in [-0.39, 0.29) is 5.97 Å². The van der Waals surface area contributed by atoms with Crippen molar-refractivity contribution in [1.82, 2.24) is 9.78 Å². The molecule has 0 spiro atoms. The summed E-state index contributed by atoms with van der Waals surface area (Å²) in [6.45, 7) is 0. The zero-order chi connectivity index (χ0) is 12.4. The fourth-order valence-electron chi connectivity index (χ4n) is 1.62. The number of ether oxygens (including phenoxy) is 1. The van der Waals surface area contributed by atoms with E-state index in [1.165, 1.54) is 7.11 Å². The second-order valence-corrected chi connectivity index (χ2v) is 4.39. The Kier molecular flexibility index (Phi) is 3.28. The molecule has 17 heavy (non-hydrogen) atoms. The monoisotopic (exact) mass is 294 g/mol. The van der Waals surface area contributed by atoms with Crippen molar-refractivity contribution in [3.05, 3.63) is 40.5 Å². The Morgan fingerprint density at radius 3 is 2.47 bits per heavy atom. The van der Waals surface area contributed by atoms with Gasteiger partial charge in [0.1, 0.15) is 0 Å². The lowest BCUT2D eigenvalue weighted by Crippen LogP contribution is -2.01. The standard InChI is InChI=1S/C12H11BrN2O2/c1-15-11(10(13)7-14-15)8-3-5-9(6-4-8)12(16)17-2/h3-7H,1-2H3. The van der Waals surface area contributed by atoms with Gasteiger partial charge in [0, 0.05) is 12.6 Å². The highest BCUT2D eigenvalue weighted by molar-refractivity contribution is 9.10. The van der Waals surface area contributed by atoms with Crippen LogP contribution < -0.4 is 0 Å². The molecule has 4 nitrogen and oxygen atoms in total. The molecule has 1 heterocycles. The van der Waals surface area contributed by atoms with Gasteiger partial charge in [-0.3, -0.25) is 4.68 Å². The molecule has 0 atom stereocenters. The van der Waals surface area contributed by atoms with Crippen LogP contribution in [0.2, 0.25) is 0 Å². The van der Waals surface area contributed by atoms with Crippen molar-refractivity contribution in [2.24, 2.45) is 7.05 Å². The van der Waals surface area contributed by atoms with Crippen molar-refractivity contribution in [2.45, 2.75) is 0 Å². The second kappa shape index (κ2) is 4.71. The first-order chi connectivity index (χ1) is 8.13. The fourth-order valence-corrected chi connectivity index (χ4v) is 2.19. The van der Waals surface area contributed by atoms with E-state index in [2.05, 4.69) is 25.8 Å². The van der Waals surface area contributed by atoms with Gasteiger partial charge in [0.25, 0.3) is 0 Å². The van der Waals surface area contributed by atoms with Crippen LogP contribution in [-0.4, -0.2) is 22.9 Å². The van der Waals surface area contributed by atoms with Crippen molar-refractivity contribution >= 4 is 21.9 Å². The van der Waals surface area contributed by atoms with Gasteiger partial charge in [-0.15, -0.1) is 0 Å². The number of carbonyl (C=O) groups is 1. The highest BCUT2D eigenvalue weighted by Crippen LogP contribution is 2.27. The minimum atomic E-state index is -0.333. The molecule has 0 unspecified atom stereocenters. The van der Waals surface area contributed by atoms with E-state index in [0.717, 1.165) is 15.7 Å². The molecule has 0 bridgehead atoms. The maximum Gasteiger partial charge on any atom is 0.337 e. The predicted octanol–water partition coefficient (Wildman–Crippen LogP) is 2.64. The average molecular weight is 295 g/mol. The van der Waals surface area contributed by atoms with Crippen molar-refractivity contribution in [2.75, 3.05) is 7.11 Å². The Morgan fingerprint density at radius 2 is 2.00 bits per heavy atom. The first-order valence-electron chi connectivity index (χ1n) is 4.99. The van der Waals surface area contributed by atoms with Gasteiger partial charge in [-0.1, -0.05) is 12.1 Å². The van der Waals surface area contributed by atoms with Gasteiger partial charge in [0.2, 0.25) is 0 Å². The van der Waals surface area contributed by atoms with Gasteiger partial charge >= 0.3 is 5.97 Å². The molecule has 0 saturated heterocycles. The number of esters is 1. The molecule has 88 valence electrons. The summed E-state index contributed by atoms with van der Waals surface area (Å²) in [7, 11) is 3.24. The highest BCUT2D eigenvalue weighted by Gasteiger charge is 2.10. The van der Waals surface area contributed by atoms with E-state index in [0.29, 0.717) is 5.56 Å². The Balaban J connectivity index is 2.39. The van der Waals surface area contributed by atoms with Crippen molar-refractivity contribution in [3.63, 3.8) is 0 Å². The lowest BCUT2D eigenvalue weighted by Gasteiger charge is -2.04. The third kappa shape index (κ3) is 2.24. The summed E-state index contributed by atoms with van der Waals surface area (Å²) in [5, 5.41) is 4.14. The normalized spacial score (nSPS) is 10.3. The summed E-state index contributed by atoms with van der Waals surface area (Å²) in [6.07, 6.45) is 1.74. The number of aromatic nitrogens is 2. The van der Waals surface area contributed by atoms with Gasteiger partial charge in [0.05, 0.1) is 29.0 Å².